The third kappa shape index (κ3) is 3.27. The molecule has 1 N–H and O–H groups in total. The summed E-state index contributed by atoms with van der Waals surface area (Å²) in [6.45, 7) is 1.58. The van der Waals surface area contributed by atoms with Crippen molar-refractivity contribution in [3.63, 3.8) is 0 Å². The first-order valence-electron chi connectivity index (χ1n) is 5.44. The monoisotopic (exact) mass is 329 g/mol. The number of pyridine rings is 1. The van der Waals surface area contributed by atoms with Gasteiger partial charge in [0.1, 0.15) is 5.75 Å². The minimum absolute atomic E-state index is 0.238. The van der Waals surface area contributed by atoms with E-state index in [1.807, 2.05) is 0 Å². The van der Waals surface area contributed by atoms with Gasteiger partial charge in [0.15, 0.2) is 11.6 Å². The van der Waals surface area contributed by atoms with Crippen molar-refractivity contribution in [1.82, 2.24) is 4.98 Å². The first kappa shape index (κ1) is 13.9. The maximum Gasteiger partial charge on any atom is 0.201 e. The van der Waals surface area contributed by atoms with E-state index in [1.165, 1.54) is 18.3 Å². The fraction of sp³-hybridized carbons (Fsp3) is 0.154. The number of benzene rings is 1. The lowest BCUT2D eigenvalue weighted by Crippen LogP contribution is -1.96. The highest BCUT2D eigenvalue weighted by Crippen LogP contribution is 2.29. The highest BCUT2D eigenvalue weighted by Gasteiger charge is 2.12. The van der Waals surface area contributed by atoms with Crippen LogP contribution in [0.3, 0.4) is 0 Å². The molecule has 0 radical (unpaired) electrons. The molecule has 19 heavy (non-hydrogen) atoms. The summed E-state index contributed by atoms with van der Waals surface area (Å²) in [4.78, 5) is 3.95. The van der Waals surface area contributed by atoms with Crippen LogP contribution in [0.1, 0.15) is 18.7 Å². The summed E-state index contributed by atoms with van der Waals surface area (Å²) in [5, 5.41) is 9.30. The molecule has 0 aliphatic carbocycles. The summed E-state index contributed by atoms with van der Waals surface area (Å²) in [5.74, 6) is -2.06. The van der Waals surface area contributed by atoms with Crippen molar-refractivity contribution in [2.24, 2.45) is 0 Å². The Morgan fingerprint density at radius 2 is 2.05 bits per heavy atom. The lowest BCUT2D eigenvalue weighted by Gasteiger charge is -2.09. The zero-order chi connectivity index (χ0) is 14.0. The van der Waals surface area contributed by atoms with Gasteiger partial charge >= 0.3 is 0 Å². The number of halogens is 3. The van der Waals surface area contributed by atoms with Crippen LogP contribution in [0.2, 0.25) is 0 Å². The van der Waals surface area contributed by atoms with Crippen molar-refractivity contribution in [3.05, 3.63) is 52.3 Å². The molecule has 2 rings (SSSR count). The van der Waals surface area contributed by atoms with E-state index in [2.05, 4.69) is 20.9 Å². The Hall–Kier alpha value is -1.53. The van der Waals surface area contributed by atoms with Crippen LogP contribution in [0.4, 0.5) is 8.78 Å². The minimum Gasteiger partial charge on any atom is -0.453 e. The summed E-state index contributed by atoms with van der Waals surface area (Å²) < 4.78 is 32.3. The summed E-state index contributed by atoms with van der Waals surface area (Å²) in [6.07, 6.45) is 0.634. The molecule has 0 bridgehead atoms. The second-order valence-electron chi connectivity index (χ2n) is 3.90. The Morgan fingerprint density at radius 3 is 2.63 bits per heavy atom. The average Bonchev–Trinajstić information content (AvgIpc) is 2.36. The van der Waals surface area contributed by atoms with E-state index in [-0.39, 0.29) is 11.5 Å². The third-order valence-electron chi connectivity index (χ3n) is 2.37. The zero-order valence-corrected chi connectivity index (χ0v) is 11.5. The number of aliphatic hydroxyl groups excluding tert-OH is 1. The van der Waals surface area contributed by atoms with E-state index in [4.69, 9.17) is 4.74 Å². The predicted molar refractivity (Wildman–Crippen MR) is 69.0 cm³/mol. The van der Waals surface area contributed by atoms with Crippen molar-refractivity contribution in [2.45, 2.75) is 13.0 Å². The number of nitrogens with zero attached hydrogens (tertiary/aromatic N) is 1. The third-order valence-corrected chi connectivity index (χ3v) is 2.83. The molecule has 1 aromatic carbocycles. The molecule has 0 unspecified atom stereocenters. The molecule has 0 aliphatic heterocycles. The Balaban J connectivity index is 2.26. The van der Waals surface area contributed by atoms with E-state index in [1.54, 1.807) is 13.0 Å². The summed E-state index contributed by atoms with van der Waals surface area (Å²) in [5.41, 5.74) is 0.466. The molecule has 0 aliphatic rings. The van der Waals surface area contributed by atoms with Crippen LogP contribution in [-0.2, 0) is 0 Å². The molecule has 6 heteroatoms. The van der Waals surface area contributed by atoms with Crippen molar-refractivity contribution in [3.8, 4) is 11.5 Å². The largest absolute Gasteiger partial charge is 0.453 e. The van der Waals surface area contributed by atoms with E-state index in [9.17, 15) is 13.9 Å². The molecule has 0 amide bonds. The van der Waals surface area contributed by atoms with Crippen LogP contribution in [0.5, 0.6) is 11.5 Å². The topological polar surface area (TPSA) is 42.4 Å². The van der Waals surface area contributed by atoms with Gasteiger partial charge in [-0.05, 0) is 31.2 Å². The second kappa shape index (κ2) is 5.63. The molecule has 100 valence electrons. The quantitative estimate of drug-likeness (QED) is 0.866. The average molecular weight is 330 g/mol. The Bertz CT molecular complexity index is 588. The van der Waals surface area contributed by atoms with Crippen molar-refractivity contribution >= 4 is 15.9 Å². The van der Waals surface area contributed by atoms with Gasteiger partial charge in [0.25, 0.3) is 0 Å². The molecular formula is C13H10BrF2NO2. The maximum absolute atomic E-state index is 13.5. The van der Waals surface area contributed by atoms with E-state index >= 15 is 0 Å². The van der Waals surface area contributed by atoms with Crippen molar-refractivity contribution in [2.75, 3.05) is 0 Å². The number of rotatable bonds is 3. The molecule has 0 saturated carbocycles. The molecule has 0 spiro atoms. The first-order chi connectivity index (χ1) is 8.97. The lowest BCUT2D eigenvalue weighted by molar-refractivity contribution is 0.194. The first-order valence-corrected chi connectivity index (χ1v) is 6.23. The van der Waals surface area contributed by atoms with E-state index in [0.29, 0.717) is 10.2 Å². The smallest absolute Gasteiger partial charge is 0.201 e. The fourth-order valence-electron chi connectivity index (χ4n) is 1.43. The Labute approximate surface area is 117 Å². The lowest BCUT2D eigenvalue weighted by atomic mass is 10.2. The molecular weight excluding hydrogens is 320 g/mol. The summed E-state index contributed by atoms with van der Waals surface area (Å²) in [7, 11) is 0. The molecule has 3 nitrogen and oxygen atoms in total. The van der Waals surface area contributed by atoms with Crippen LogP contribution in [-0.4, -0.2) is 10.1 Å². The van der Waals surface area contributed by atoms with Crippen LogP contribution in [0.25, 0.3) is 0 Å². The number of hydrogen-bond acceptors (Lipinski definition) is 3. The zero-order valence-electron chi connectivity index (χ0n) is 9.90. The highest BCUT2D eigenvalue weighted by molar-refractivity contribution is 9.10. The SMILES string of the molecule is C[C@@H](O)c1ccc(Oc2cc(Br)cc(F)c2F)cn1. The van der Waals surface area contributed by atoms with Crippen LogP contribution in [0, 0.1) is 11.6 Å². The highest BCUT2D eigenvalue weighted by atomic mass is 79.9. The normalized spacial score (nSPS) is 12.3. The van der Waals surface area contributed by atoms with Gasteiger partial charge in [-0.1, -0.05) is 15.9 Å². The number of hydrogen-bond donors (Lipinski definition) is 1. The molecule has 1 aromatic heterocycles. The Morgan fingerprint density at radius 1 is 1.32 bits per heavy atom. The van der Waals surface area contributed by atoms with Crippen molar-refractivity contribution < 1.29 is 18.6 Å². The van der Waals surface area contributed by atoms with Gasteiger partial charge in [-0.2, -0.15) is 4.39 Å². The van der Waals surface area contributed by atoms with E-state index in [0.717, 1.165) is 6.07 Å². The Kier molecular flexibility index (Phi) is 4.11. The number of ether oxygens (including phenoxy) is 1. The van der Waals surface area contributed by atoms with Gasteiger partial charge < -0.3 is 9.84 Å². The maximum atomic E-state index is 13.5. The van der Waals surface area contributed by atoms with Gasteiger partial charge in [0, 0.05) is 4.47 Å². The number of aromatic nitrogens is 1. The van der Waals surface area contributed by atoms with Gasteiger partial charge in [-0.25, -0.2) is 4.39 Å². The summed E-state index contributed by atoms with van der Waals surface area (Å²) in [6, 6.07) is 5.40. The standard InChI is InChI=1S/C13H10BrF2NO2/c1-7(18)11-3-2-9(6-17-11)19-12-5-8(14)4-10(15)13(12)16/h2-7,18H,1H3/t7-/m1/s1. The van der Waals surface area contributed by atoms with Crippen LogP contribution < -0.4 is 4.74 Å². The second-order valence-corrected chi connectivity index (χ2v) is 4.81. The molecule has 0 fully saturated rings. The molecule has 0 saturated heterocycles. The van der Waals surface area contributed by atoms with Crippen molar-refractivity contribution in [1.29, 1.82) is 0 Å². The van der Waals surface area contributed by atoms with Gasteiger partial charge in [0.2, 0.25) is 5.82 Å². The molecule has 2 aromatic rings. The molecule has 1 atom stereocenters. The van der Waals surface area contributed by atoms with Crippen LogP contribution in [0.15, 0.2) is 34.9 Å². The van der Waals surface area contributed by atoms with E-state index < -0.39 is 17.7 Å². The van der Waals surface area contributed by atoms with Gasteiger partial charge in [-0.3, -0.25) is 4.98 Å². The minimum atomic E-state index is -1.07. The van der Waals surface area contributed by atoms with Gasteiger partial charge in [-0.15, -0.1) is 0 Å². The fourth-order valence-corrected chi connectivity index (χ4v) is 1.84. The van der Waals surface area contributed by atoms with Crippen LogP contribution >= 0.6 is 15.9 Å². The number of aliphatic hydroxyl groups is 1. The summed E-state index contributed by atoms with van der Waals surface area (Å²) >= 11 is 3.06. The van der Waals surface area contributed by atoms with Gasteiger partial charge in [0.05, 0.1) is 18.0 Å². The molecule has 1 heterocycles. The predicted octanol–water partition coefficient (Wildman–Crippen LogP) is 3.97.